The number of benzene rings is 2. The molecule has 2 rings (SSSR count). The van der Waals surface area contributed by atoms with E-state index in [2.05, 4.69) is 0 Å². The van der Waals surface area contributed by atoms with E-state index in [-0.39, 0.29) is 6.54 Å². The lowest BCUT2D eigenvalue weighted by atomic mass is 9.96. The molecular weight excluding hydrogens is 313 g/mol. The van der Waals surface area contributed by atoms with Gasteiger partial charge in [-0.25, -0.2) is 0 Å². The smallest absolute Gasteiger partial charge is 0.111 e. The maximum atomic E-state index is 10.7. The fourth-order valence-corrected chi connectivity index (χ4v) is 3.20. The van der Waals surface area contributed by atoms with Gasteiger partial charge in [-0.05, 0) is 23.8 Å². The number of aliphatic hydroxyl groups is 1. The van der Waals surface area contributed by atoms with Gasteiger partial charge < -0.3 is 10.8 Å². The average molecular weight is 328 g/mol. The van der Waals surface area contributed by atoms with Gasteiger partial charge in [0, 0.05) is 17.2 Å². The summed E-state index contributed by atoms with van der Waals surface area (Å²) < 4.78 is 0. The molecule has 2 aromatic carbocycles. The summed E-state index contributed by atoms with van der Waals surface area (Å²) >= 11 is 13.4. The summed E-state index contributed by atoms with van der Waals surface area (Å²) in [5, 5.41) is 11.7. The summed E-state index contributed by atoms with van der Waals surface area (Å²) in [6.07, 6.45) is 0. The molecule has 5 heteroatoms. The van der Waals surface area contributed by atoms with Crippen molar-refractivity contribution >= 4 is 35.0 Å². The lowest BCUT2D eigenvalue weighted by molar-refractivity contribution is 0.0721. The highest BCUT2D eigenvalue weighted by Crippen LogP contribution is 2.32. The molecule has 0 bridgehead atoms. The molecule has 0 aliphatic rings. The van der Waals surface area contributed by atoms with Crippen molar-refractivity contribution in [1.82, 2.24) is 0 Å². The quantitative estimate of drug-likeness (QED) is 0.818. The number of rotatable bonds is 5. The fourth-order valence-electron chi connectivity index (χ4n) is 1.78. The van der Waals surface area contributed by atoms with Gasteiger partial charge in [-0.2, -0.15) is 0 Å². The Morgan fingerprint density at radius 1 is 1.05 bits per heavy atom. The molecule has 1 atom stereocenters. The zero-order valence-electron chi connectivity index (χ0n) is 10.7. The molecule has 20 heavy (non-hydrogen) atoms. The molecule has 0 radical (unpaired) electrons. The number of halogens is 2. The Balaban J connectivity index is 2.13. The maximum absolute atomic E-state index is 10.7. The molecular formula is C15H15Cl2NOS. The minimum absolute atomic E-state index is 0.158. The number of hydrogen-bond donors (Lipinski definition) is 2. The third-order valence-electron chi connectivity index (χ3n) is 3.02. The predicted molar refractivity (Wildman–Crippen MR) is 86.6 cm³/mol. The van der Waals surface area contributed by atoms with Crippen LogP contribution in [0.1, 0.15) is 5.56 Å². The summed E-state index contributed by atoms with van der Waals surface area (Å²) in [5.74, 6) is 0.450. The van der Waals surface area contributed by atoms with Gasteiger partial charge in [0.2, 0.25) is 0 Å². The number of nitrogens with two attached hydrogens (primary N) is 1. The van der Waals surface area contributed by atoms with Crippen LogP contribution in [0.3, 0.4) is 0 Å². The predicted octanol–water partition coefficient (Wildman–Crippen LogP) is 3.93. The van der Waals surface area contributed by atoms with Crippen LogP contribution in [0.15, 0.2) is 53.4 Å². The molecule has 0 spiro atoms. The zero-order chi connectivity index (χ0) is 14.6. The van der Waals surface area contributed by atoms with Gasteiger partial charge in [-0.1, -0.05) is 53.5 Å². The van der Waals surface area contributed by atoms with Gasteiger partial charge >= 0.3 is 0 Å². The monoisotopic (exact) mass is 327 g/mol. The molecule has 0 aromatic heterocycles. The van der Waals surface area contributed by atoms with Crippen LogP contribution < -0.4 is 5.73 Å². The van der Waals surface area contributed by atoms with Crippen molar-refractivity contribution in [3.05, 3.63) is 64.1 Å². The Labute approximate surface area is 132 Å². The Hall–Kier alpha value is -0.710. The molecule has 0 aliphatic heterocycles. The summed E-state index contributed by atoms with van der Waals surface area (Å²) in [6.45, 7) is 0.158. The van der Waals surface area contributed by atoms with Crippen molar-refractivity contribution in [1.29, 1.82) is 0 Å². The fraction of sp³-hybridized carbons (Fsp3) is 0.200. The molecule has 2 nitrogen and oxygen atoms in total. The Morgan fingerprint density at radius 3 is 2.35 bits per heavy atom. The average Bonchev–Trinajstić information content (AvgIpc) is 2.49. The molecule has 106 valence electrons. The van der Waals surface area contributed by atoms with E-state index >= 15 is 0 Å². The van der Waals surface area contributed by atoms with Gasteiger partial charge in [0.05, 0.1) is 10.0 Å². The zero-order valence-corrected chi connectivity index (χ0v) is 13.1. The van der Waals surface area contributed by atoms with Crippen molar-refractivity contribution in [3.8, 4) is 0 Å². The first-order valence-corrected chi connectivity index (χ1v) is 7.85. The van der Waals surface area contributed by atoms with Gasteiger partial charge in [-0.3, -0.25) is 0 Å². The molecule has 2 aromatic rings. The first-order valence-electron chi connectivity index (χ1n) is 6.11. The summed E-state index contributed by atoms with van der Waals surface area (Å²) in [6, 6.07) is 14.9. The Morgan fingerprint density at radius 2 is 1.75 bits per heavy atom. The van der Waals surface area contributed by atoms with E-state index in [4.69, 9.17) is 28.9 Å². The van der Waals surface area contributed by atoms with Gasteiger partial charge in [0.1, 0.15) is 5.60 Å². The van der Waals surface area contributed by atoms with Crippen molar-refractivity contribution in [2.45, 2.75) is 10.5 Å². The molecule has 0 saturated carbocycles. The largest absolute Gasteiger partial charge is 0.383 e. The number of hydrogen-bond acceptors (Lipinski definition) is 3. The summed E-state index contributed by atoms with van der Waals surface area (Å²) in [4.78, 5) is 0.946. The van der Waals surface area contributed by atoms with E-state index in [1.165, 1.54) is 11.8 Å². The van der Waals surface area contributed by atoms with E-state index in [1.54, 1.807) is 12.1 Å². The minimum atomic E-state index is -1.06. The second-order valence-corrected chi connectivity index (χ2v) is 6.33. The SMILES string of the molecule is NCC(O)(CSc1ccc(Cl)c(Cl)c1)c1ccccc1. The summed E-state index contributed by atoms with van der Waals surface area (Å²) in [7, 11) is 0. The Bertz CT molecular complexity index is 579. The third-order valence-corrected chi connectivity index (χ3v) is 4.97. The second kappa shape index (κ2) is 6.83. The van der Waals surface area contributed by atoms with Crippen LogP contribution in [0.4, 0.5) is 0 Å². The van der Waals surface area contributed by atoms with Crippen molar-refractivity contribution in [3.63, 3.8) is 0 Å². The van der Waals surface area contributed by atoms with E-state index in [1.807, 2.05) is 36.4 Å². The van der Waals surface area contributed by atoms with Gasteiger partial charge in [-0.15, -0.1) is 11.8 Å². The molecule has 0 aliphatic carbocycles. The van der Waals surface area contributed by atoms with Crippen LogP contribution in [-0.4, -0.2) is 17.4 Å². The van der Waals surface area contributed by atoms with E-state index in [0.29, 0.717) is 15.8 Å². The molecule has 1 unspecified atom stereocenters. The molecule has 0 saturated heterocycles. The highest BCUT2D eigenvalue weighted by molar-refractivity contribution is 7.99. The van der Waals surface area contributed by atoms with Crippen molar-refractivity contribution in [2.75, 3.05) is 12.3 Å². The summed E-state index contributed by atoms with van der Waals surface area (Å²) in [5.41, 5.74) is 5.50. The van der Waals surface area contributed by atoms with E-state index in [9.17, 15) is 5.11 Å². The lowest BCUT2D eigenvalue weighted by Crippen LogP contribution is -2.37. The topological polar surface area (TPSA) is 46.2 Å². The second-order valence-electron chi connectivity index (χ2n) is 4.47. The first-order chi connectivity index (χ1) is 9.55. The molecule has 0 fully saturated rings. The van der Waals surface area contributed by atoms with Crippen LogP contribution in [0.25, 0.3) is 0 Å². The van der Waals surface area contributed by atoms with Crippen molar-refractivity contribution in [2.24, 2.45) is 5.73 Å². The van der Waals surface area contributed by atoms with Crippen molar-refractivity contribution < 1.29 is 5.11 Å². The van der Waals surface area contributed by atoms with E-state index < -0.39 is 5.60 Å². The standard InChI is InChI=1S/C15H15Cl2NOS/c16-13-7-6-12(8-14(13)17)20-10-15(19,9-18)11-4-2-1-3-5-11/h1-8,19H,9-10,18H2. The minimum Gasteiger partial charge on any atom is -0.383 e. The highest BCUT2D eigenvalue weighted by Gasteiger charge is 2.27. The van der Waals surface area contributed by atoms with Crippen LogP contribution in [-0.2, 0) is 5.60 Å². The molecule has 0 heterocycles. The maximum Gasteiger partial charge on any atom is 0.111 e. The first kappa shape index (κ1) is 15.7. The van der Waals surface area contributed by atoms with Crippen LogP contribution >= 0.6 is 35.0 Å². The Kier molecular flexibility index (Phi) is 5.35. The molecule has 3 N–H and O–H groups in total. The van der Waals surface area contributed by atoms with Crippen LogP contribution in [0.5, 0.6) is 0 Å². The highest BCUT2D eigenvalue weighted by atomic mass is 35.5. The van der Waals surface area contributed by atoms with Gasteiger partial charge in [0.25, 0.3) is 0 Å². The normalized spacial score (nSPS) is 14.0. The van der Waals surface area contributed by atoms with Gasteiger partial charge in [0.15, 0.2) is 0 Å². The van der Waals surface area contributed by atoms with E-state index in [0.717, 1.165) is 10.5 Å². The van der Waals surface area contributed by atoms with Crippen LogP contribution in [0, 0.1) is 0 Å². The number of thioether (sulfide) groups is 1. The van der Waals surface area contributed by atoms with Crippen LogP contribution in [0.2, 0.25) is 10.0 Å². The molecule has 0 amide bonds. The lowest BCUT2D eigenvalue weighted by Gasteiger charge is -2.26. The third kappa shape index (κ3) is 3.68.